The van der Waals surface area contributed by atoms with Gasteiger partial charge in [0, 0.05) is 17.1 Å². The molecule has 0 unspecified atom stereocenters. The fourth-order valence-corrected chi connectivity index (χ4v) is 2.26. The number of rotatable bonds is 1. The minimum Gasteiger partial charge on any atom is -0.508 e. The van der Waals surface area contributed by atoms with E-state index in [9.17, 15) is 9.50 Å². The van der Waals surface area contributed by atoms with E-state index in [1.807, 2.05) is 0 Å². The first-order chi connectivity index (χ1) is 9.16. The molecule has 0 amide bonds. The van der Waals surface area contributed by atoms with Crippen LogP contribution in [-0.4, -0.2) is 10.1 Å². The predicted octanol–water partition coefficient (Wildman–Crippen LogP) is 4.40. The van der Waals surface area contributed by atoms with Crippen LogP contribution in [0.1, 0.15) is 0 Å². The van der Waals surface area contributed by atoms with Gasteiger partial charge in [-0.1, -0.05) is 23.7 Å². The lowest BCUT2D eigenvalue weighted by Gasteiger charge is -2.08. The van der Waals surface area contributed by atoms with Crippen molar-refractivity contribution in [1.82, 2.24) is 4.98 Å². The van der Waals surface area contributed by atoms with Crippen LogP contribution in [0.4, 0.5) is 4.39 Å². The number of aromatic hydroxyl groups is 1. The SMILES string of the molecule is Oc1ccc(-c2cc(Cl)c(F)c3cccnc23)cc1. The molecule has 1 aromatic heterocycles. The summed E-state index contributed by atoms with van der Waals surface area (Å²) in [5.41, 5.74) is 2.11. The van der Waals surface area contributed by atoms with Gasteiger partial charge in [-0.05, 0) is 35.9 Å². The number of phenols is 1. The molecule has 0 saturated heterocycles. The Balaban J connectivity index is 2.35. The number of halogens is 2. The zero-order valence-electron chi connectivity index (χ0n) is 9.77. The molecule has 1 N–H and O–H groups in total. The summed E-state index contributed by atoms with van der Waals surface area (Å²) in [6.07, 6.45) is 1.61. The Hall–Kier alpha value is -2.13. The van der Waals surface area contributed by atoms with Crippen LogP contribution in [0.2, 0.25) is 5.02 Å². The monoisotopic (exact) mass is 273 g/mol. The number of hydrogen-bond donors (Lipinski definition) is 1. The van der Waals surface area contributed by atoms with Crippen LogP contribution in [-0.2, 0) is 0 Å². The Kier molecular flexibility index (Phi) is 2.84. The normalized spacial score (nSPS) is 10.8. The van der Waals surface area contributed by atoms with E-state index in [1.165, 1.54) is 0 Å². The molecule has 4 heteroatoms. The maximum atomic E-state index is 13.9. The zero-order chi connectivity index (χ0) is 13.4. The fourth-order valence-electron chi connectivity index (χ4n) is 2.05. The minimum absolute atomic E-state index is 0.0589. The molecule has 19 heavy (non-hydrogen) atoms. The molecule has 1 heterocycles. The minimum atomic E-state index is -0.465. The number of fused-ring (bicyclic) bond motifs is 1. The quantitative estimate of drug-likeness (QED) is 0.713. The van der Waals surface area contributed by atoms with Gasteiger partial charge in [0.1, 0.15) is 5.75 Å². The molecule has 0 aliphatic heterocycles. The van der Waals surface area contributed by atoms with Gasteiger partial charge in [-0.2, -0.15) is 0 Å². The summed E-state index contributed by atoms with van der Waals surface area (Å²) in [5, 5.41) is 9.76. The third-order valence-corrected chi connectivity index (χ3v) is 3.23. The molecular weight excluding hydrogens is 265 g/mol. The van der Waals surface area contributed by atoms with Crippen LogP contribution in [0.15, 0.2) is 48.7 Å². The van der Waals surface area contributed by atoms with Crippen molar-refractivity contribution < 1.29 is 9.50 Å². The van der Waals surface area contributed by atoms with Gasteiger partial charge in [-0.3, -0.25) is 4.98 Å². The topological polar surface area (TPSA) is 33.1 Å². The van der Waals surface area contributed by atoms with Crippen LogP contribution >= 0.6 is 11.6 Å². The third-order valence-electron chi connectivity index (χ3n) is 2.96. The van der Waals surface area contributed by atoms with E-state index in [0.717, 1.165) is 11.1 Å². The smallest absolute Gasteiger partial charge is 0.151 e. The molecule has 0 saturated carbocycles. The summed E-state index contributed by atoms with van der Waals surface area (Å²) in [6, 6.07) is 11.5. The van der Waals surface area contributed by atoms with E-state index in [2.05, 4.69) is 4.98 Å². The molecule has 0 fully saturated rings. The Morgan fingerprint density at radius 1 is 1.11 bits per heavy atom. The molecule has 0 atom stereocenters. The highest BCUT2D eigenvalue weighted by atomic mass is 35.5. The molecule has 0 spiro atoms. The average molecular weight is 274 g/mol. The second kappa shape index (κ2) is 4.52. The molecule has 3 aromatic rings. The third kappa shape index (κ3) is 2.02. The van der Waals surface area contributed by atoms with Crippen LogP contribution in [0.3, 0.4) is 0 Å². The highest BCUT2D eigenvalue weighted by Gasteiger charge is 2.12. The lowest BCUT2D eigenvalue weighted by atomic mass is 10.0. The van der Waals surface area contributed by atoms with E-state index in [0.29, 0.717) is 10.9 Å². The Morgan fingerprint density at radius 3 is 2.58 bits per heavy atom. The molecule has 0 bridgehead atoms. The van der Waals surface area contributed by atoms with Crippen LogP contribution in [0.25, 0.3) is 22.0 Å². The number of pyridine rings is 1. The maximum absolute atomic E-state index is 13.9. The van der Waals surface area contributed by atoms with Crippen molar-refractivity contribution in [3.05, 3.63) is 59.5 Å². The van der Waals surface area contributed by atoms with Gasteiger partial charge in [-0.15, -0.1) is 0 Å². The Bertz CT molecular complexity index is 756. The maximum Gasteiger partial charge on any atom is 0.151 e. The van der Waals surface area contributed by atoms with Crippen LogP contribution in [0.5, 0.6) is 5.75 Å². The summed E-state index contributed by atoms with van der Waals surface area (Å²) >= 11 is 5.92. The van der Waals surface area contributed by atoms with Gasteiger partial charge in [0.05, 0.1) is 10.5 Å². The van der Waals surface area contributed by atoms with Crippen molar-refractivity contribution in [3.8, 4) is 16.9 Å². The summed E-state index contributed by atoms with van der Waals surface area (Å²) in [4.78, 5) is 4.22. The molecule has 0 aliphatic carbocycles. The molecule has 3 rings (SSSR count). The number of nitrogens with zero attached hydrogens (tertiary/aromatic N) is 1. The van der Waals surface area contributed by atoms with Crippen molar-refractivity contribution in [2.24, 2.45) is 0 Å². The standard InChI is InChI=1S/C15H9ClFNO/c16-13-8-12(9-3-5-10(19)6-4-9)15-11(14(13)17)2-1-7-18-15/h1-8,19H. The molecular formula is C15H9ClFNO. The number of aromatic nitrogens is 1. The molecule has 94 valence electrons. The van der Waals surface area contributed by atoms with Crippen molar-refractivity contribution >= 4 is 22.5 Å². The van der Waals surface area contributed by atoms with Crippen molar-refractivity contribution in [1.29, 1.82) is 0 Å². The van der Waals surface area contributed by atoms with Gasteiger partial charge >= 0.3 is 0 Å². The lowest BCUT2D eigenvalue weighted by Crippen LogP contribution is -1.89. The second-order valence-corrected chi connectivity index (χ2v) is 4.57. The summed E-state index contributed by atoms with van der Waals surface area (Å²) in [5.74, 6) is -0.290. The average Bonchev–Trinajstić information content (AvgIpc) is 2.44. The molecule has 2 aromatic carbocycles. The first kappa shape index (κ1) is 11.9. The van der Waals surface area contributed by atoms with Crippen molar-refractivity contribution in [3.63, 3.8) is 0 Å². The van der Waals surface area contributed by atoms with Gasteiger partial charge in [0.25, 0.3) is 0 Å². The first-order valence-corrected chi connectivity index (χ1v) is 6.07. The second-order valence-electron chi connectivity index (χ2n) is 4.17. The lowest BCUT2D eigenvalue weighted by molar-refractivity contribution is 0.475. The van der Waals surface area contributed by atoms with E-state index in [4.69, 9.17) is 11.6 Å². The van der Waals surface area contributed by atoms with Crippen LogP contribution < -0.4 is 0 Å². The molecule has 2 nitrogen and oxygen atoms in total. The molecule has 0 aliphatic rings. The van der Waals surface area contributed by atoms with Gasteiger partial charge < -0.3 is 5.11 Å². The van der Waals surface area contributed by atoms with Crippen LogP contribution in [0, 0.1) is 5.82 Å². The Morgan fingerprint density at radius 2 is 1.84 bits per heavy atom. The molecule has 0 radical (unpaired) electrons. The Labute approximate surface area is 114 Å². The first-order valence-electron chi connectivity index (χ1n) is 5.69. The highest BCUT2D eigenvalue weighted by molar-refractivity contribution is 6.32. The van der Waals surface area contributed by atoms with Gasteiger partial charge in [0.15, 0.2) is 5.82 Å². The van der Waals surface area contributed by atoms with Crippen molar-refractivity contribution in [2.75, 3.05) is 0 Å². The predicted molar refractivity (Wildman–Crippen MR) is 73.8 cm³/mol. The zero-order valence-corrected chi connectivity index (χ0v) is 10.5. The van der Waals surface area contributed by atoms with E-state index < -0.39 is 5.82 Å². The number of benzene rings is 2. The van der Waals surface area contributed by atoms with Crippen molar-refractivity contribution in [2.45, 2.75) is 0 Å². The van der Waals surface area contributed by atoms with Gasteiger partial charge in [-0.25, -0.2) is 4.39 Å². The largest absolute Gasteiger partial charge is 0.508 e. The van der Waals surface area contributed by atoms with E-state index >= 15 is 0 Å². The van der Waals surface area contributed by atoms with E-state index in [1.54, 1.807) is 48.7 Å². The highest BCUT2D eigenvalue weighted by Crippen LogP contribution is 2.33. The summed E-state index contributed by atoms with van der Waals surface area (Å²) < 4.78 is 13.9. The van der Waals surface area contributed by atoms with E-state index in [-0.39, 0.29) is 10.8 Å². The van der Waals surface area contributed by atoms with Gasteiger partial charge in [0.2, 0.25) is 0 Å². The summed E-state index contributed by atoms with van der Waals surface area (Å²) in [6.45, 7) is 0. The number of hydrogen-bond acceptors (Lipinski definition) is 2. The fraction of sp³-hybridized carbons (Fsp3) is 0. The number of phenolic OH excluding ortho intramolecular Hbond substituents is 1. The summed E-state index contributed by atoms with van der Waals surface area (Å²) in [7, 11) is 0.